The Kier molecular flexibility index (Phi) is 3.92. The number of aromatic nitrogens is 4. The van der Waals surface area contributed by atoms with Gasteiger partial charge in [-0.05, 0) is 36.8 Å². The molecule has 1 aliphatic carbocycles. The highest BCUT2D eigenvalue weighted by atomic mass is 32.2. The van der Waals surface area contributed by atoms with Crippen molar-refractivity contribution in [3.63, 3.8) is 0 Å². The first kappa shape index (κ1) is 17.6. The van der Waals surface area contributed by atoms with Gasteiger partial charge in [0.1, 0.15) is 4.90 Å². The summed E-state index contributed by atoms with van der Waals surface area (Å²) in [5.41, 5.74) is 0.995. The number of sulfonamides is 1. The summed E-state index contributed by atoms with van der Waals surface area (Å²) < 4.78 is 34.5. The largest absolute Gasteiger partial charge is 0.420 e. The monoisotopic (exact) mass is 399 g/mol. The Morgan fingerprint density at radius 3 is 2.57 bits per heavy atom. The van der Waals surface area contributed by atoms with Crippen molar-refractivity contribution in [2.45, 2.75) is 30.1 Å². The molecule has 3 heterocycles. The topological polar surface area (TPSA) is 94.1 Å². The lowest BCUT2D eigenvalue weighted by molar-refractivity contribution is 0.246. The van der Waals surface area contributed by atoms with Gasteiger partial charge >= 0.3 is 0 Å². The number of piperidine rings is 1. The normalized spacial score (nSPS) is 21.8. The smallest absolute Gasteiger partial charge is 0.247 e. The summed E-state index contributed by atoms with van der Waals surface area (Å²) in [5.74, 6) is 1.43. The maximum absolute atomic E-state index is 12.8. The van der Waals surface area contributed by atoms with Crippen LogP contribution in [0.5, 0.6) is 0 Å². The fourth-order valence-corrected chi connectivity index (χ4v) is 5.60. The Balaban J connectivity index is 1.27. The van der Waals surface area contributed by atoms with Crippen LogP contribution in [0.15, 0.2) is 52.0 Å². The molecule has 1 atom stereocenters. The van der Waals surface area contributed by atoms with Gasteiger partial charge in [0.25, 0.3) is 0 Å². The SMILES string of the molecule is Cn1cc(S(=O)(=O)N2CCC3(CC2)CC3c2nnc(-c3ccccc3)o2)cn1. The molecule has 0 N–H and O–H groups in total. The van der Waals surface area contributed by atoms with Crippen molar-refractivity contribution in [3.05, 3.63) is 48.6 Å². The second-order valence-electron chi connectivity index (χ2n) is 7.68. The molecule has 0 bridgehead atoms. The number of aryl methyl sites for hydroxylation is 1. The van der Waals surface area contributed by atoms with Crippen LogP contribution in [0.1, 0.15) is 31.1 Å². The Hall–Kier alpha value is -2.52. The van der Waals surface area contributed by atoms with Gasteiger partial charge in [0.2, 0.25) is 21.8 Å². The number of benzene rings is 1. The van der Waals surface area contributed by atoms with E-state index in [1.807, 2.05) is 30.3 Å². The van der Waals surface area contributed by atoms with Crippen LogP contribution in [0.2, 0.25) is 0 Å². The molecule has 0 amide bonds. The fourth-order valence-electron chi connectivity index (χ4n) is 4.18. The van der Waals surface area contributed by atoms with Crippen molar-refractivity contribution < 1.29 is 12.8 Å². The highest BCUT2D eigenvalue weighted by molar-refractivity contribution is 7.89. The highest BCUT2D eigenvalue weighted by Crippen LogP contribution is 2.64. The van der Waals surface area contributed by atoms with Crippen molar-refractivity contribution in [1.29, 1.82) is 0 Å². The van der Waals surface area contributed by atoms with Crippen LogP contribution in [0, 0.1) is 5.41 Å². The van der Waals surface area contributed by atoms with Gasteiger partial charge in [0.05, 0.1) is 6.20 Å². The maximum atomic E-state index is 12.8. The third-order valence-corrected chi connectivity index (χ3v) is 7.84. The Labute approximate surface area is 163 Å². The van der Waals surface area contributed by atoms with E-state index in [-0.39, 0.29) is 16.2 Å². The molecular formula is C19H21N5O3S. The molecule has 1 aromatic carbocycles. The summed E-state index contributed by atoms with van der Waals surface area (Å²) >= 11 is 0. The van der Waals surface area contributed by atoms with Gasteiger partial charge in [-0.2, -0.15) is 9.40 Å². The van der Waals surface area contributed by atoms with E-state index in [4.69, 9.17) is 4.42 Å². The van der Waals surface area contributed by atoms with Gasteiger partial charge < -0.3 is 4.42 Å². The van der Waals surface area contributed by atoms with Gasteiger partial charge in [0, 0.05) is 37.8 Å². The van der Waals surface area contributed by atoms with Crippen LogP contribution in [0.3, 0.4) is 0 Å². The second kappa shape index (κ2) is 6.25. The molecular weight excluding hydrogens is 378 g/mol. The van der Waals surface area contributed by atoms with Gasteiger partial charge in [-0.3, -0.25) is 4.68 Å². The van der Waals surface area contributed by atoms with Crippen molar-refractivity contribution in [3.8, 4) is 11.5 Å². The third kappa shape index (κ3) is 2.85. The highest BCUT2D eigenvalue weighted by Gasteiger charge is 2.59. The Morgan fingerprint density at radius 2 is 1.89 bits per heavy atom. The van der Waals surface area contributed by atoms with E-state index in [0.717, 1.165) is 24.8 Å². The van der Waals surface area contributed by atoms with E-state index in [1.54, 1.807) is 17.5 Å². The minimum absolute atomic E-state index is 0.0848. The molecule has 1 saturated carbocycles. The average molecular weight is 399 g/mol. The molecule has 2 fully saturated rings. The van der Waals surface area contributed by atoms with Crippen LogP contribution in [-0.4, -0.2) is 45.8 Å². The van der Waals surface area contributed by atoms with Crippen molar-refractivity contribution in [2.24, 2.45) is 12.5 Å². The molecule has 2 aromatic heterocycles. The summed E-state index contributed by atoms with van der Waals surface area (Å²) in [6.45, 7) is 1.01. The molecule has 1 spiro atoms. The maximum Gasteiger partial charge on any atom is 0.247 e. The molecule has 9 heteroatoms. The minimum Gasteiger partial charge on any atom is -0.420 e. The zero-order valence-electron chi connectivity index (χ0n) is 15.5. The van der Waals surface area contributed by atoms with Crippen LogP contribution < -0.4 is 0 Å². The average Bonchev–Trinajstić information content (AvgIpc) is 3.06. The lowest BCUT2D eigenvalue weighted by Gasteiger charge is -2.31. The molecule has 1 unspecified atom stereocenters. The zero-order valence-corrected chi connectivity index (χ0v) is 16.3. The lowest BCUT2D eigenvalue weighted by atomic mass is 9.92. The standard InChI is InChI=1S/C19H21N5O3S/c1-23-13-15(12-20-23)28(25,26)24-9-7-19(8-10-24)11-16(19)18-22-21-17(27-18)14-5-3-2-4-6-14/h2-6,12-13,16H,7-11H2,1H3. The van der Waals surface area contributed by atoms with Gasteiger partial charge in [0.15, 0.2) is 0 Å². The van der Waals surface area contributed by atoms with Crippen molar-refractivity contribution >= 4 is 10.0 Å². The summed E-state index contributed by atoms with van der Waals surface area (Å²) in [5, 5.41) is 12.4. The molecule has 5 rings (SSSR count). The molecule has 3 aromatic rings. The zero-order chi connectivity index (χ0) is 19.4. The number of nitrogens with zero attached hydrogens (tertiary/aromatic N) is 5. The molecule has 8 nitrogen and oxygen atoms in total. The lowest BCUT2D eigenvalue weighted by Crippen LogP contribution is -2.39. The predicted molar refractivity (Wildman–Crippen MR) is 101 cm³/mol. The van der Waals surface area contributed by atoms with E-state index in [1.165, 1.54) is 10.9 Å². The number of hydrogen-bond acceptors (Lipinski definition) is 6. The fraction of sp³-hybridized carbons (Fsp3) is 0.421. The van der Waals surface area contributed by atoms with E-state index >= 15 is 0 Å². The Bertz CT molecular complexity index is 1100. The molecule has 1 aliphatic heterocycles. The molecule has 146 valence electrons. The minimum atomic E-state index is -3.48. The van der Waals surface area contributed by atoms with Gasteiger partial charge in [-0.25, -0.2) is 8.42 Å². The van der Waals surface area contributed by atoms with E-state index in [2.05, 4.69) is 15.3 Å². The number of rotatable bonds is 4. The summed E-state index contributed by atoms with van der Waals surface area (Å²) in [6, 6.07) is 9.72. The molecule has 1 saturated heterocycles. The van der Waals surface area contributed by atoms with Gasteiger partial charge in [-0.1, -0.05) is 18.2 Å². The van der Waals surface area contributed by atoms with E-state index < -0.39 is 10.0 Å². The number of hydrogen-bond donors (Lipinski definition) is 0. The second-order valence-corrected chi connectivity index (χ2v) is 9.62. The third-order valence-electron chi connectivity index (χ3n) is 5.99. The first-order valence-electron chi connectivity index (χ1n) is 9.36. The first-order valence-corrected chi connectivity index (χ1v) is 10.8. The van der Waals surface area contributed by atoms with E-state index in [9.17, 15) is 8.42 Å². The summed E-state index contributed by atoms with van der Waals surface area (Å²) in [4.78, 5) is 0.253. The molecule has 28 heavy (non-hydrogen) atoms. The van der Waals surface area contributed by atoms with E-state index in [0.29, 0.717) is 24.9 Å². The van der Waals surface area contributed by atoms with Gasteiger partial charge in [-0.15, -0.1) is 10.2 Å². The van der Waals surface area contributed by atoms with Crippen molar-refractivity contribution in [1.82, 2.24) is 24.3 Å². The van der Waals surface area contributed by atoms with Crippen molar-refractivity contribution in [2.75, 3.05) is 13.1 Å². The molecule has 0 radical (unpaired) electrons. The summed E-state index contributed by atoms with van der Waals surface area (Å²) in [6.07, 6.45) is 5.54. The summed E-state index contributed by atoms with van der Waals surface area (Å²) in [7, 11) is -1.76. The Morgan fingerprint density at radius 1 is 1.14 bits per heavy atom. The van der Waals surface area contributed by atoms with Crippen LogP contribution in [0.4, 0.5) is 0 Å². The predicted octanol–water partition coefficient (Wildman–Crippen LogP) is 2.43. The van der Waals surface area contributed by atoms with Crippen LogP contribution >= 0.6 is 0 Å². The molecule has 2 aliphatic rings. The van der Waals surface area contributed by atoms with Crippen LogP contribution in [0.25, 0.3) is 11.5 Å². The van der Waals surface area contributed by atoms with Crippen LogP contribution in [-0.2, 0) is 17.1 Å². The quantitative estimate of drug-likeness (QED) is 0.669. The first-order chi connectivity index (χ1) is 13.5.